The fraction of sp³-hybridized carbons (Fsp3) is 0.444. The summed E-state index contributed by atoms with van der Waals surface area (Å²) in [6, 6.07) is 0. The van der Waals surface area contributed by atoms with Crippen LogP contribution < -0.4 is 4.74 Å². The van der Waals surface area contributed by atoms with Crippen LogP contribution in [-0.2, 0) is 6.18 Å². The fourth-order valence-electron chi connectivity index (χ4n) is 1.15. The monoisotopic (exact) mass is 237 g/mol. The number of ether oxygens (including phenoxy) is 1. The zero-order valence-corrected chi connectivity index (χ0v) is 8.27. The predicted molar refractivity (Wildman–Crippen MR) is 47.9 cm³/mol. The molecule has 0 spiro atoms. The van der Waals surface area contributed by atoms with Gasteiger partial charge in [-0.15, -0.1) is 0 Å². The number of pyridine rings is 1. The lowest BCUT2D eigenvalue weighted by molar-refractivity contribution is -0.139. The molecule has 6 heteroatoms. The van der Waals surface area contributed by atoms with Crippen LogP contribution in [-0.4, -0.2) is 11.1 Å². The summed E-state index contributed by atoms with van der Waals surface area (Å²) in [5.74, 6) is -0.280. The summed E-state index contributed by atoms with van der Waals surface area (Å²) in [6.45, 7) is 0. The van der Waals surface area contributed by atoms with E-state index in [1.807, 2.05) is 0 Å². The van der Waals surface area contributed by atoms with Crippen molar-refractivity contribution in [2.45, 2.75) is 25.1 Å². The first-order chi connectivity index (χ1) is 6.98. The van der Waals surface area contributed by atoms with Crippen molar-refractivity contribution in [2.24, 2.45) is 0 Å². The number of aromatic nitrogens is 1. The molecule has 82 valence electrons. The third kappa shape index (κ3) is 2.34. The van der Waals surface area contributed by atoms with Gasteiger partial charge in [-0.2, -0.15) is 13.2 Å². The molecular formula is C9H7ClF3NO. The average molecular weight is 238 g/mol. The van der Waals surface area contributed by atoms with Crippen LogP contribution in [0.3, 0.4) is 0 Å². The predicted octanol–water partition coefficient (Wildman–Crippen LogP) is 3.30. The van der Waals surface area contributed by atoms with Gasteiger partial charge in [-0.05, 0) is 12.8 Å². The van der Waals surface area contributed by atoms with E-state index in [-0.39, 0.29) is 11.9 Å². The van der Waals surface area contributed by atoms with Crippen molar-refractivity contribution < 1.29 is 17.9 Å². The Morgan fingerprint density at radius 3 is 2.53 bits per heavy atom. The van der Waals surface area contributed by atoms with E-state index in [1.165, 1.54) is 0 Å². The Morgan fingerprint density at radius 2 is 2.00 bits per heavy atom. The van der Waals surface area contributed by atoms with Gasteiger partial charge < -0.3 is 4.74 Å². The smallest absolute Gasteiger partial charge is 0.421 e. The van der Waals surface area contributed by atoms with Crippen LogP contribution in [0.4, 0.5) is 13.2 Å². The number of hydrogen-bond acceptors (Lipinski definition) is 2. The van der Waals surface area contributed by atoms with E-state index in [0.717, 1.165) is 25.2 Å². The van der Waals surface area contributed by atoms with Crippen LogP contribution >= 0.6 is 11.6 Å². The number of nitrogens with zero attached hydrogens (tertiary/aromatic N) is 1. The van der Waals surface area contributed by atoms with Gasteiger partial charge in [-0.3, -0.25) is 4.98 Å². The third-order valence-electron chi connectivity index (χ3n) is 1.97. The first kappa shape index (κ1) is 10.5. The lowest BCUT2D eigenvalue weighted by Gasteiger charge is -2.14. The third-order valence-corrected chi connectivity index (χ3v) is 2.25. The highest BCUT2D eigenvalue weighted by Gasteiger charge is 2.38. The maximum absolute atomic E-state index is 12.6. The molecule has 0 amide bonds. The molecule has 0 N–H and O–H groups in total. The van der Waals surface area contributed by atoms with Crippen molar-refractivity contribution in [3.05, 3.63) is 23.0 Å². The average Bonchev–Trinajstić information content (AvgIpc) is 2.85. The fourth-order valence-corrected chi connectivity index (χ4v) is 1.40. The van der Waals surface area contributed by atoms with E-state index in [4.69, 9.17) is 16.3 Å². The summed E-state index contributed by atoms with van der Waals surface area (Å²) >= 11 is 5.46. The molecule has 2 nitrogen and oxygen atoms in total. The van der Waals surface area contributed by atoms with Crippen LogP contribution in [0.5, 0.6) is 5.75 Å². The zero-order valence-electron chi connectivity index (χ0n) is 7.51. The van der Waals surface area contributed by atoms with E-state index in [0.29, 0.717) is 0 Å². The second-order valence-corrected chi connectivity index (χ2v) is 3.72. The number of rotatable bonds is 2. The molecule has 2 rings (SSSR count). The van der Waals surface area contributed by atoms with Crippen LogP contribution in [0.1, 0.15) is 18.4 Å². The molecule has 15 heavy (non-hydrogen) atoms. The van der Waals surface area contributed by atoms with Gasteiger partial charge in [0, 0.05) is 6.20 Å². The van der Waals surface area contributed by atoms with Crippen molar-refractivity contribution in [2.75, 3.05) is 0 Å². The molecule has 1 aliphatic carbocycles. The van der Waals surface area contributed by atoms with Gasteiger partial charge in [0.05, 0.1) is 17.3 Å². The zero-order chi connectivity index (χ0) is 11.1. The summed E-state index contributed by atoms with van der Waals surface area (Å²) in [5, 5.41) is -0.430. The molecule has 1 fully saturated rings. The standard InChI is InChI=1S/C9H7ClF3NO/c10-6-3-14-4-7(15-5-1-2-5)8(6)9(11,12)13/h3-5H,1-2H2. The van der Waals surface area contributed by atoms with E-state index in [1.54, 1.807) is 0 Å². The summed E-state index contributed by atoms with van der Waals surface area (Å²) in [7, 11) is 0. The van der Waals surface area contributed by atoms with Crippen LogP contribution in [0.2, 0.25) is 5.02 Å². The van der Waals surface area contributed by atoms with Gasteiger partial charge in [-0.25, -0.2) is 0 Å². The molecule has 1 saturated carbocycles. The molecule has 1 heterocycles. The van der Waals surface area contributed by atoms with Crippen molar-refractivity contribution in [1.82, 2.24) is 4.98 Å². The highest BCUT2D eigenvalue weighted by Crippen LogP contribution is 2.42. The Morgan fingerprint density at radius 1 is 1.33 bits per heavy atom. The summed E-state index contributed by atoms with van der Waals surface area (Å²) in [4.78, 5) is 3.58. The number of alkyl halides is 3. The van der Waals surface area contributed by atoms with Gasteiger partial charge in [0.1, 0.15) is 5.56 Å². The minimum atomic E-state index is -4.51. The lowest BCUT2D eigenvalue weighted by Crippen LogP contribution is -2.10. The van der Waals surface area contributed by atoms with Crippen molar-refractivity contribution in [3.63, 3.8) is 0 Å². The Labute approximate surface area is 89.0 Å². The molecule has 0 bridgehead atoms. The van der Waals surface area contributed by atoms with Crippen LogP contribution in [0.25, 0.3) is 0 Å². The summed E-state index contributed by atoms with van der Waals surface area (Å²) in [5.41, 5.74) is -0.939. The maximum Gasteiger partial charge on any atom is 0.421 e. The highest BCUT2D eigenvalue weighted by atomic mass is 35.5. The molecule has 1 aliphatic rings. The van der Waals surface area contributed by atoms with E-state index >= 15 is 0 Å². The van der Waals surface area contributed by atoms with Crippen molar-refractivity contribution >= 4 is 11.6 Å². The molecule has 0 aliphatic heterocycles. The van der Waals surface area contributed by atoms with E-state index in [2.05, 4.69) is 4.98 Å². The quantitative estimate of drug-likeness (QED) is 0.787. The molecular weight excluding hydrogens is 231 g/mol. The molecule has 1 aromatic heterocycles. The normalized spacial score (nSPS) is 16.5. The van der Waals surface area contributed by atoms with Crippen LogP contribution in [0.15, 0.2) is 12.4 Å². The molecule has 1 aromatic rings. The van der Waals surface area contributed by atoms with Gasteiger partial charge in [-0.1, -0.05) is 11.6 Å². The largest absolute Gasteiger partial charge is 0.488 e. The molecule has 0 atom stereocenters. The van der Waals surface area contributed by atoms with E-state index in [9.17, 15) is 13.2 Å². The number of hydrogen-bond donors (Lipinski definition) is 0. The van der Waals surface area contributed by atoms with Crippen LogP contribution in [0, 0.1) is 0 Å². The lowest BCUT2D eigenvalue weighted by atomic mass is 10.2. The van der Waals surface area contributed by atoms with E-state index < -0.39 is 16.8 Å². The minimum absolute atomic E-state index is 0.119. The highest BCUT2D eigenvalue weighted by molar-refractivity contribution is 6.31. The Balaban J connectivity index is 2.38. The molecule has 0 aromatic carbocycles. The van der Waals surface area contributed by atoms with Gasteiger partial charge in [0.15, 0.2) is 5.75 Å². The first-order valence-corrected chi connectivity index (χ1v) is 4.73. The van der Waals surface area contributed by atoms with Crippen molar-refractivity contribution in [3.8, 4) is 5.75 Å². The Kier molecular flexibility index (Phi) is 2.50. The Bertz CT molecular complexity index is 376. The summed E-state index contributed by atoms with van der Waals surface area (Å²) in [6.07, 6.45) is -1.05. The SMILES string of the molecule is FC(F)(F)c1c(Cl)cncc1OC1CC1. The first-order valence-electron chi connectivity index (χ1n) is 4.36. The maximum atomic E-state index is 12.6. The Hall–Kier alpha value is -0.970. The molecule has 0 saturated heterocycles. The second-order valence-electron chi connectivity index (χ2n) is 3.31. The minimum Gasteiger partial charge on any atom is -0.488 e. The topological polar surface area (TPSA) is 22.1 Å². The molecule has 0 unspecified atom stereocenters. The van der Waals surface area contributed by atoms with Crippen molar-refractivity contribution in [1.29, 1.82) is 0 Å². The second kappa shape index (κ2) is 3.56. The molecule has 0 radical (unpaired) electrons. The number of halogens is 4. The van der Waals surface area contributed by atoms with Gasteiger partial charge in [0.25, 0.3) is 0 Å². The van der Waals surface area contributed by atoms with Gasteiger partial charge >= 0.3 is 6.18 Å². The summed E-state index contributed by atoms with van der Waals surface area (Å²) < 4.78 is 42.9. The van der Waals surface area contributed by atoms with Gasteiger partial charge in [0.2, 0.25) is 0 Å².